The smallest absolute Gasteiger partial charge is 0.312 e. The Morgan fingerprint density at radius 2 is 1.91 bits per heavy atom. The lowest BCUT2D eigenvalue weighted by Crippen LogP contribution is -2.28. The standard InChI is InChI=1S/C18H19NO4/c1-10(2)22-13-6-4-12(5-7-13)14-9-16(20)23-15-8-11(3)19-18(21)17(14)15/h4-8,10,14H,9H2,1-3H3,(H,19,21)/t14-/m1/s1. The van der Waals surface area contributed by atoms with Crippen molar-refractivity contribution in [3.8, 4) is 11.5 Å². The number of ether oxygens (including phenoxy) is 2. The first-order valence-corrected chi connectivity index (χ1v) is 7.65. The van der Waals surface area contributed by atoms with Crippen molar-refractivity contribution in [1.82, 2.24) is 4.98 Å². The molecule has 0 radical (unpaired) electrons. The second-order valence-electron chi connectivity index (χ2n) is 6.03. The molecule has 0 spiro atoms. The van der Waals surface area contributed by atoms with Gasteiger partial charge in [0, 0.05) is 17.7 Å². The second kappa shape index (κ2) is 5.91. The van der Waals surface area contributed by atoms with Gasteiger partial charge in [-0.05, 0) is 38.5 Å². The zero-order valence-electron chi connectivity index (χ0n) is 13.4. The minimum atomic E-state index is -0.324. The summed E-state index contributed by atoms with van der Waals surface area (Å²) in [6.45, 7) is 5.68. The van der Waals surface area contributed by atoms with Gasteiger partial charge in [-0.15, -0.1) is 0 Å². The van der Waals surface area contributed by atoms with Gasteiger partial charge in [0.2, 0.25) is 0 Å². The fraction of sp³-hybridized carbons (Fsp3) is 0.333. The van der Waals surface area contributed by atoms with Crippen molar-refractivity contribution in [2.24, 2.45) is 0 Å². The molecular weight excluding hydrogens is 294 g/mol. The quantitative estimate of drug-likeness (QED) is 0.885. The van der Waals surface area contributed by atoms with E-state index in [0.717, 1.165) is 11.3 Å². The molecule has 5 heteroatoms. The Morgan fingerprint density at radius 3 is 2.57 bits per heavy atom. The number of rotatable bonds is 3. The number of esters is 1. The van der Waals surface area contributed by atoms with Crippen molar-refractivity contribution >= 4 is 5.97 Å². The Balaban J connectivity index is 2.01. The van der Waals surface area contributed by atoms with E-state index in [0.29, 0.717) is 17.0 Å². The van der Waals surface area contributed by atoms with Crippen LogP contribution in [0, 0.1) is 6.92 Å². The number of benzene rings is 1. The Kier molecular flexibility index (Phi) is 3.94. The minimum Gasteiger partial charge on any atom is -0.491 e. The average molecular weight is 313 g/mol. The molecule has 120 valence electrons. The number of aromatic amines is 1. The lowest BCUT2D eigenvalue weighted by Gasteiger charge is -2.24. The summed E-state index contributed by atoms with van der Waals surface area (Å²) in [4.78, 5) is 27.0. The molecule has 1 aliphatic heterocycles. The number of hydrogen-bond donors (Lipinski definition) is 1. The Hall–Kier alpha value is -2.56. The van der Waals surface area contributed by atoms with Crippen molar-refractivity contribution < 1.29 is 14.3 Å². The third-order valence-electron chi connectivity index (χ3n) is 3.77. The number of aryl methyl sites for hydroxylation is 1. The maximum absolute atomic E-state index is 12.3. The van der Waals surface area contributed by atoms with Crippen LogP contribution in [0.1, 0.15) is 43.0 Å². The summed E-state index contributed by atoms with van der Waals surface area (Å²) in [5.74, 6) is 0.494. The van der Waals surface area contributed by atoms with Crippen molar-refractivity contribution in [2.45, 2.75) is 39.2 Å². The van der Waals surface area contributed by atoms with Gasteiger partial charge in [-0.2, -0.15) is 0 Å². The third kappa shape index (κ3) is 3.13. The van der Waals surface area contributed by atoms with Crippen LogP contribution in [0.25, 0.3) is 0 Å². The van der Waals surface area contributed by atoms with E-state index in [1.54, 1.807) is 13.0 Å². The number of hydrogen-bond acceptors (Lipinski definition) is 4. The first-order valence-electron chi connectivity index (χ1n) is 7.65. The van der Waals surface area contributed by atoms with E-state index in [1.807, 2.05) is 38.1 Å². The molecule has 1 aliphatic rings. The number of H-pyrrole nitrogens is 1. The third-order valence-corrected chi connectivity index (χ3v) is 3.77. The predicted octanol–water partition coefficient (Wildman–Crippen LogP) is 2.91. The molecular formula is C18H19NO4. The van der Waals surface area contributed by atoms with Crippen LogP contribution in [0.3, 0.4) is 0 Å². The first kappa shape index (κ1) is 15.3. The maximum atomic E-state index is 12.3. The highest BCUT2D eigenvalue weighted by atomic mass is 16.5. The number of pyridine rings is 1. The van der Waals surface area contributed by atoms with Crippen LogP contribution in [0.4, 0.5) is 0 Å². The molecule has 0 aliphatic carbocycles. The molecule has 3 rings (SSSR count). The van der Waals surface area contributed by atoms with Crippen LogP contribution < -0.4 is 15.0 Å². The van der Waals surface area contributed by atoms with Crippen LogP contribution >= 0.6 is 0 Å². The van der Waals surface area contributed by atoms with Crippen molar-refractivity contribution in [3.63, 3.8) is 0 Å². The number of carbonyl (C=O) groups is 1. The number of carbonyl (C=O) groups excluding carboxylic acids is 1. The summed E-state index contributed by atoms with van der Waals surface area (Å²) in [6.07, 6.45) is 0.251. The van der Waals surface area contributed by atoms with Gasteiger partial charge in [-0.3, -0.25) is 9.59 Å². The van der Waals surface area contributed by atoms with Crippen molar-refractivity contribution in [3.05, 3.63) is 57.5 Å². The zero-order valence-corrected chi connectivity index (χ0v) is 13.4. The van der Waals surface area contributed by atoms with E-state index in [4.69, 9.17) is 9.47 Å². The summed E-state index contributed by atoms with van der Waals surface area (Å²) in [5, 5.41) is 0. The van der Waals surface area contributed by atoms with Gasteiger partial charge >= 0.3 is 5.97 Å². The topological polar surface area (TPSA) is 68.4 Å². The van der Waals surface area contributed by atoms with Crippen LogP contribution in [0.2, 0.25) is 0 Å². The van der Waals surface area contributed by atoms with Crippen LogP contribution in [0.15, 0.2) is 35.1 Å². The van der Waals surface area contributed by atoms with E-state index in [-0.39, 0.29) is 30.0 Å². The predicted molar refractivity (Wildman–Crippen MR) is 86.1 cm³/mol. The van der Waals surface area contributed by atoms with Crippen LogP contribution in [-0.4, -0.2) is 17.1 Å². The molecule has 23 heavy (non-hydrogen) atoms. The molecule has 1 N–H and O–H groups in total. The summed E-state index contributed by atoms with van der Waals surface area (Å²) in [5.41, 5.74) is 1.86. The van der Waals surface area contributed by atoms with Gasteiger partial charge < -0.3 is 14.5 Å². The molecule has 1 aromatic carbocycles. The highest BCUT2D eigenvalue weighted by Crippen LogP contribution is 2.37. The summed E-state index contributed by atoms with van der Waals surface area (Å²) < 4.78 is 10.9. The molecule has 0 saturated heterocycles. The number of aromatic nitrogens is 1. The van der Waals surface area contributed by atoms with Gasteiger partial charge in [-0.1, -0.05) is 12.1 Å². The molecule has 1 atom stereocenters. The molecule has 0 amide bonds. The average Bonchev–Trinajstić information content (AvgIpc) is 2.45. The van der Waals surface area contributed by atoms with Gasteiger partial charge in [-0.25, -0.2) is 0 Å². The molecule has 0 saturated carbocycles. The monoisotopic (exact) mass is 313 g/mol. The zero-order chi connectivity index (χ0) is 16.6. The Bertz CT molecular complexity index is 790. The van der Waals surface area contributed by atoms with Gasteiger partial charge in [0.05, 0.1) is 18.1 Å². The Morgan fingerprint density at radius 1 is 1.22 bits per heavy atom. The van der Waals surface area contributed by atoms with Gasteiger partial charge in [0.15, 0.2) is 0 Å². The van der Waals surface area contributed by atoms with E-state index in [9.17, 15) is 9.59 Å². The summed E-state index contributed by atoms with van der Waals surface area (Å²) >= 11 is 0. The van der Waals surface area contributed by atoms with Gasteiger partial charge in [0.25, 0.3) is 5.56 Å². The highest BCUT2D eigenvalue weighted by molar-refractivity contribution is 5.77. The lowest BCUT2D eigenvalue weighted by molar-refractivity contribution is -0.135. The van der Waals surface area contributed by atoms with Crippen LogP contribution in [0.5, 0.6) is 11.5 Å². The second-order valence-corrected chi connectivity index (χ2v) is 6.03. The molecule has 0 bridgehead atoms. The fourth-order valence-corrected chi connectivity index (χ4v) is 2.85. The van der Waals surface area contributed by atoms with E-state index < -0.39 is 0 Å². The molecule has 2 heterocycles. The van der Waals surface area contributed by atoms with Crippen molar-refractivity contribution in [2.75, 3.05) is 0 Å². The molecule has 0 unspecified atom stereocenters. The van der Waals surface area contributed by atoms with Gasteiger partial charge in [0.1, 0.15) is 11.5 Å². The molecule has 5 nitrogen and oxygen atoms in total. The fourth-order valence-electron chi connectivity index (χ4n) is 2.85. The summed E-state index contributed by atoms with van der Waals surface area (Å²) in [7, 11) is 0. The van der Waals surface area contributed by atoms with E-state index in [1.165, 1.54) is 0 Å². The normalized spacial score (nSPS) is 16.9. The van der Waals surface area contributed by atoms with Crippen LogP contribution in [-0.2, 0) is 4.79 Å². The molecule has 0 fully saturated rings. The SMILES string of the molecule is Cc1cc2c(c(=O)[nH]1)[C@@H](c1ccc(OC(C)C)cc1)CC(=O)O2. The highest BCUT2D eigenvalue weighted by Gasteiger charge is 2.31. The lowest BCUT2D eigenvalue weighted by atomic mass is 9.87. The van der Waals surface area contributed by atoms with E-state index in [2.05, 4.69) is 4.98 Å². The maximum Gasteiger partial charge on any atom is 0.312 e. The number of nitrogens with one attached hydrogen (secondary N) is 1. The minimum absolute atomic E-state index is 0.0945. The van der Waals surface area contributed by atoms with E-state index >= 15 is 0 Å². The number of fused-ring (bicyclic) bond motifs is 1. The Labute approximate surface area is 134 Å². The first-order chi connectivity index (χ1) is 10.9. The molecule has 2 aromatic rings. The molecule has 1 aromatic heterocycles. The van der Waals surface area contributed by atoms with Crippen molar-refractivity contribution in [1.29, 1.82) is 0 Å². The largest absolute Gasteiger partial charge is 0.491 e. The summed E-state index contributed by atoms with van der Waals surface area (Å²) in [6, 6.07) is 9.19.